The summed E-state index contributed by atoms with van der Waals surface area (Å²) < 4.78 is 5.48. The molecule has 1 aromatic carbocycles. The minimum atomic E-state index is -0.415. The van der Waals surface area contributed by atoms with E-state index in [1.54, 1.807) is 7.11 Å². The van der Waals surface area contributed by atoms with Gasteiger partial charge in [-0.1, -0.05) is 37.3 Å². The van der Waals surface area contributed by atoms with E-state index in [0.717, 1.165) is 37.9 Å². The van der Waals surface area contributed by atoms with Crippen molar-refractivity contribution >= 4 is 0 Å². The summed E-state index contributed by atoms with van der Waals surface area (Å²) in [5.74, 6) is 0. The van der Waals surface area contributed by atoms with Gasteiger partial charge in [0.15, 0.2) is 0 Å². The van der Waals surface area contributed by atoms with Gasteiger partial charge < -0.3 is 9.84 Å². The summed E-state index contributed by atoms with van der Waals surface area (Å²) in [7, 11) is 1.78. The average molecular weight is 263 g/mol. The van der Waals surface area contributed by atoms with Crippen LogP contribution in [0, 0.1) is 0 Å². The van der Waals surface area contributed by atoms with Crippen LogP contribution >= 0.6 is 0 Å². The van der Waals surface area contributed by atoms with E-state index in [0.29, 0.717) is 6.10 Å². The minimum Gasteiger partial charge on any atom is -0.387 e. The third kappa shape index (κ3) is 3.56. The fourth-order valence-electron chi connectivity index (χ4n) is 3.01. The van der Waals surface area contributed by atoms with Gasteiger partial charge in [0.2, 0.25) is 0 Å². The van der Waals surface area contributed by atoms with Crippen LogP contribution < -0.4 is 0 Å². The maximum absolute atomic E-state index is 10.6. The Labute approximate surface area is 116 Å². The number of aliphatic hydroxyl groups excluding tert-OH is 1. The largest absolute Gasteiger partial charge is 0.387 e. The number of aliphatic hydroxyl groups is 1. The normalized spacial score (nSPS) is 24.1. The number of likely N-dealkylation sites (tertiary alicyclic amines) is 1. The van der Waals surface area contributed by atoms with Crippen molar-refractivity contribution in [1.29, 1.82) is 0 Å². The van der Waals surface area contributed by atoms with E-state index in [-0.39, 0.29) is 6.04 Å². The fourth-order valence-corrected chi connectivity index (χ4v) is 3.01. The smallest absolute Gasteiger partial charge is 0.0945 e. The van der Waals surface area contributed by atoms with Crippen LogP contribution in [0.3, 0.4) is 0 Å². The molecule has 1 fully saturated rings. The Kier molecular flexibility index (Phi) is 5.37. The fraction of sp³-hybridized carbons (Fsp3) is 0.625. The van der Waals surface area contributed by atoms with Crippen molar-refractivity contribution in [3.63, 3.8) is 0 Å². The van der Waals surface area contributed by atoms with Crippen molar-refractivity contribution in [2.45, 2.75) is 44.4 Å². The van der Waals surface area contributed by atoms with E-state index in [2.05, 4.69) is 11.8 Å². The van der Waals surface area contributed by atoms with Gasteiger partial charge in [-0.25, -0.2) is 0 Å². The third-order valence-electron chi connectivity index (χ3n) is 4.14. The lowest BCUT2D eigenvalue weighted by atomic mass is 9.96. The Bertz CT molecular complexity index is 368. The molecule has 1 aliphatic heterocycles. The Hall–Kier alpha value is -0.900. The first-order valence-corrected chi connectivity index (χ1v) is 7.26. The highest BCUT2D eigenvalue weighted by molar-refractivity contribution is 5.19. The molecule has 19 heavy (non-hydrogen) atoms. The summed E-state index contributed by atoms with van der Waals surface area (Å²) in [6, 6.07) is 10.1. The van der Waals surface area contributed by atoms with Crippen molar-refractivity contribution < 1.29 is 9.84 Å². The molecule has 3 unspecified atom stereocenters. The van der Waals surface area contributed by atoms with Crippen LogP contribution in [0.4, 0.5) is 0 Å². The number of hydrogen-bond acceptors (Lipinski definition) is 3. The predicted molar refractivity (Wildman–Crippen MR) is 77.1 cm³/mol. The van der Waals surface area contributed by atoms with Gasteiger partial charge >= 0.3 is 0 Å². The molecule has 0 aromatic heterocycles. The van der Waals surface area contributed by atoms with E-state index in [4.69, 9.17) is 4.74 Å². The van der Waals surface area contributed by atoms with Gasteiger partial charge in [-0.3, -0.25) is 4.90 Å². The van der Waals surface area contributed by atoms with Crippen LogP contribution in [0.5, 0.6) is 0 Å². The number of piperidine rings is 1. The minimum absolute atomic E-state index is 0.181. The molecule has 1 N–H and O–H groups in total. The van der Waals surface area contributed by atoms with Crippen molar-refractivity contribution in [2.24, 2.45) is 0 Å². The molecule has 0 radical (unpaired) electrons. The lowest BCUT2D eigenvalue weighted by Crippen LogP contribution is -2.47. The van der Waals surface area contributed by atoms with E-state index in [1.807, 2.05) is 30.3 Å². The highest BCUT2D eigenvalue weighted by Crippen LogP contribution is 2.26. The first kappa shape index (κ1) is 14.5. The third-order valence-corrected chi connectivity index (χ3v) is 4.14. The predicted octanol–water partition coefficient (Wildman–Crippen LogP) is 2.61. The molecular weight excluding hydrogens is 238 g/mol. The summed E-state index contributed by atoms with van der Waals surface area (Å²) in [5, 5.41) is 10.6. The van der Waals surface area contributed by atoms with Gasteiger partial charge in [0.05, 0.1) is 12.2 Å². The van der Waals surface area contributed by atoms with E-state index >= 15 is 0 Å². The Morgan fingerprint density at radius 1 is 1.37 bits per heavy atom. The molecule has 1 aliphatic rings. The molecule has 1 heterocycles. The molecule has 3 atom stereocenters. The topological polar surface area (TPSA) is 32.7 Å². The number of nitrogens with zero attached hydrogens (tertiary/aromatic N) is 1. The van der Waals surface area contributed by atoms with Crippen molar-refractivity contribution in [1.82, 2.24) is 4.90 Å². The number of ether oxygens (including phenoxy) is 1. The van der Waals surface area contributed by atoms with E-state index in [9.17, 15) is 5.11 Å². The van der Waals surface area contributed by atoms with Gasteiger partial charge in [0, 0.05) is 19.7 Å². The summed E-state index contributed by atoms with van der Waals surface area (Å²) in [6.45, 7) is 4.13. The van der Waals surface area contributed by atoms with Gasteiger partial charge in [-0.2, -0.15) is 0 Å². The second-order valence-electron chi connectivity index (χ2n) is 5.33. The molecule has 1 saturated heterocycles. The zero-order valence-corrected chi connectivity index (χ0v) is 12.0. The Morgan fingerprint density at radius 3 is 2.74 bits per heavy atom. The van der Waals surface area contributed by atoms with Crippen LogP contribution in [0.25, 0.3) is 0 Å². The van der Waals surface area contributed by atoms with Gasteiger partial charge in [0.1, 0.15) is 0 Å². The lowest BCUT2D eigenvalue weighted by molar-refractivity contribution is -0.0214. The first-order valence-electron chi connectivity index (χ1n) is 7.26. The summed E-state index contributed by atoms with van der Waals surface area (Å²) in [4.78, 5) is 2.38. The molecule has 0 spiro atoms. The van der Waals surface area contributed by atoms with Crippen LogP contribution in [0.2, 0.25) is 0 Å². The number of rotatable bonds is 5. The monoisotopic (exact) mass is 263 g/mol. The highest BCUT2D eigenvalue weighted by Gasteiger charge is 2.29. The zero-order valence-electron chi connectivity index (χ0n) is 12.0. The van der Waals surface area contributed by atoms with Crippen LogP contribution in [-0.2, 0) is 4.74 Å². The van der Waals surface area contributed by atoms with Gasteiger partial charge in [-0.05, 0) is 31.4 Å². The molecule has 3 heteroatoms. The molecular formula is C16H25NO2. The zero-order chi connectivity index (χ0) is 13.7. The van der Waals surface area contributed by atoms with Crippen LogP contribution in [-0.4, -0.2) is 42.4 Å². The molecule has 0 bridgehead atoms. The van der Waals surface area contributed by atoms with Crippen LogP contribution in [0.15, 0.2) is 30.3 Å². The summed E-state index contributed by atoms with van der Waals surface area (Å²) >= 11 is 0. The summed E-state index contributed by atoms with van der Waals surface area (Å²) in [6.07, 6.45) is 3.13. The number of hydrogen-bond donors (Lipinski definition) is 1. The second-order valence-corrected chi connectivity index (χ2v) is 5.33. The Balaban J connectivity index is 2.06. The summed E-state index contributed by atoms with van der Waals surface area (Å²) in [5.41, 5.74) is 1.01. The van der Waals surface area contributed by atoms with Crippen molar-refractivity contribution in [3.05, 3.63) is 35.9 Å². The number of methoxy groups -OCH3 is 1. The molecule has 2 rings (SSSR count). The molecule has 0 aliphatic carbocycles. The van der Waals surface area contributed by atoms with Gasteiger partial charge in [0.25, 0.3) is 0 Å². The van der Waals surface area contributed by atoms with Gasteiger partial charge in [-0.15, -0.1) is 0 Å². The SMILES string of the molecule is CCC(C(O)c1ccccc1)N1CCCC(OC)C1. The van der Waals surface area contributed by atoms with Crippen molar-refractivity contribution in [3.8, 4) is 0 Å². The maximum atomic E-state index is 10.6. The highest BCUT2D eigenvalue weighted by atomic mass is 16.5. The molecule has 1 aromatic rings. The average Bonchev–Trinajstić information content (AvgIpc) is 2.49. The lowest BCUT2D eigenvalue weighted by Gasteiger charge is -2.39. The quantitative estimate of drug-likeness (QED) is 0.886. The standard InChI is InChI=1S/C16H25NO2/c1-3-15(16(18)13-8-5-4-6-9-13)17-11-7-10-14(12-17)19-2/h4-6,8-9,14-16,18H,3,7,10-12H2,1-2H3. The molecule has 106 valence electrons. The molecule has 0 amide bonds. The molecule has 0 saturated carbocycles. The number of benzene rings is 1. The second kappa shape index (κ2) is 7.04. The first-order chi connectivity index (χ1) is 9.26. The van der Waals surface area contributed by atoms with Crippen LogP contribution in [0.1, 0.15) is 37.9 Å². The van der Waals surface area contributed by atoms with E-state index < -0.39 is 6.10 Å². The van der Waals surface area contributed by atoms with E-state index in [1.165, 1.54) is 0 Å². The maximum Gasteiger partial charge on any atom is 0.0945 e. The van der Waals surface area contributed by atoms with Crippen molar-refractivity contribution in [2.75, 3.05) is 20.2 Å². The molecule has 3 nitrogen and oxygen atoms in total. The Morgan fingerprint density at radius 2 is 2.11 bits per heavy atom.